The second-order valence-corrected chi connectivity index (χ2v) is 10.6. The third-order valence-corrected chi connectivity index (χ3v) is 8.50. The smallest absolute Gasteiger partial charge is 0.241 e. The van der Waals surface area contributed by atoms with E-state index in [0.29, 0.717) is 16.9 Å². The number of nitrogens with one attached hydrogen (secondary N) is 2. The zero-order valence-electron chi connectivity index (χ0n) is 21.7. The lowest BCUT2D eigenvalue weighted by molar-refractivity contribution is -0.143. The van der Waals surface area contributed by atoms with Gasteiger partial charge in [-0.3, -0.25) is 14.5 Å². The number of likely N-dealkylation sites (tertiary alicyclic amines) is 1. The molecular weight excluding hydrogens is 489 g/mol. The minimum atomic E-state index is -1.07. The van der Waals surface area contributed by atoms with Crippen molar-refractivity contribution in [3.8, 4) is 0 Å². The van der Waals surface area contributed by atoms with Crippen molar-refractivity contribution >= 4 is 29.4 Å². The van der Waals surface area contributed by atoms with Crippen LogP contribution in [0.4, 0.5) is 15.8 Å². The van der Waals surface area contributed by atoms with E-state index in [1.54, 1.807) is 12.1 Å². The maximum atomic E-state index is 14.4. The zero-order chi connectivity index (χ0) is 27.4. The summed E-state index contributed by atoms with van der Waals surface area (Å²) >= 11 is 0. The molecule has 6 rings (SSSR count). The fraction of sp³-hybridized carbons (Fsp3) is 0.182. The molecule has 1 saturated carbocycles. The number of carbonyl (C=O) groups is 2. The number of carbonyl (C=O) groups excluding carboxylic acids is 2. The summed E-state index contributed by atoms with van der Waals surface area (Å²) in [6, 6.07) is 29.1. The number of halogens is 1. The van der Waals surface area contributed by atoms with Crippen molar-refractivity contribution in [2.45, 2.75) is 31.2 Å². The largest absolute Gasteiger partial charge is 0.355 e. The van der Waals surface area contributed by atoms with Crippen molar-refractivity contribution in [2.75, 3.05) is 5.32 Å². The van der Waals surface area contributed by atoms with Crippen LogP contribution in [0, 0.1) is 24.1 Å². The summed E-state index contributed by atoms with van der Waals surface area (Å²) in [6.07, 6.45) is 1.24. The number of amides is 2. The first kappa shape index (κ1) is 24.7. The Hall–Kier alpha value is -4.58. The molecule has 194 valence electrons. The van der Waals surface area contributed by atoms with Crippen LogP contribution in [0.25, 0.3) is 0 Å². The fourth-order valence-electron chi connectivity index (χ4n) is 6.58. The molecule has 39 heavy (non-hydrogen) atoms. The number of nitrogens with zero attached hydrogens (tertiary/aromatic N) is 1. The van der Waals surface area contributed by atoms with Crippen LogP contribution < -0.4 is 5.32 Å². The van der Waals surface area contributed by atoms with Gasteiger partial charge in [0.25, 0.3) is 0 Å². The minimum Gasteiger partial charge on any atom is -0.355 e. The molecule has 2 fully saturated rings. The first-order valence-corrected chi connectivity index (χ1v) is 13.0. The number of hydrogen-bond donors (Lipinski definition) is 2. The van der Waals surface area contributed by atoms with E-state index < -0.39 is 16.7 Å². The normalized spacial score (nSPS) is 23.5. The van der Waals surface area contributed by atoms with E-state index in [-0.39, 0.29) is 24.2 Å². The highest BCUT2D eigenvalue weighted by molar-refractivity contribution is 6.18. The Morgan fingerprint density at radius 3 is 2.23 bits per heavy atom. The van der Waals surface area contributed by atoms with E-state index in [4.69, 9.17) is 5.41 Å². The van der Waals surface area contributed by atoms with E-state index in [9.17, 15) is 14.0 Å². The van der Waals surface area contributed by atoms with Crippen molar-refractivity contribution in [1.82, 2.24) is 4.90 Å². The Morgan fingerprint density at radius 2 is 1.59 bits per heavy atom. The summed E-state index contributed by atoms with van der Waals surface area (Å²) in [6.45, 7) is 4.17. The summed E-state index contributed by atoms with van der Waals surface area (Å²) in [5.41, 5.74) is 3.59. The molecule has 4 aromatic carbocycles. The average Bonchev–Trinajstić information content (AvgIpc) is 3.46. The Labute approximate surface area is 226 Å². The first-order valence-electron chi connectivity index (χ1n) is 13.0. The van der Waals surface area contributed by atoms with Gasteiger partial charge in [-0.25, -0.2) is 4.39 Å². The molecular formula is C33H28FN3O2. The summed E-state index contributed by atoms with van der Waals surface area (Å²) < 4.78 is 13.4. The van der Waals surface area contributed by atoms with Crippen LogP contribution in [0.1, 0.15) is 34.7 Å². The Balaban J connectivity index is 1.47. The molecule has 2 N–H and O–H groups in total. The van der Waals surface area contributed by atoms with Crippen molar-refractivity contribution in [1.29, 1.82) is 5.41 Å². The lowest BCUT2D eigenvalue weighted by atomic mass is 9.79. The Morgan fingerprint density at radius 1 is 0.949 bits per heavy atom. The number of hydrogen-bond acceptors (Lipinski definition) is 4. The van der Waals surface area contributed by atoms with Gasteiger partial charge in [-0.1, -0.05) is 67.6 Å². The molecule has 1 saturated heterocycles. The van der Waals surface area contributed by atoms with E-state index >= 15 is 0 Å². The third-order valence-electron chi connectivity index (χ3n) is 8.50. The highest BCUT2D eigenvalue weighted by atomic mass is 19.1. The zero-order valence-corrected chi connectivity index (χ0v) is 21.7. The van der Waals surface area contributed by atoms with E-state index in [1.165, 1.54) is 23.2 Å². The van der Waals surface area contributed by atoms with Gasteiger partial charge >= 0.3 is 0 Å². The van der Waals surface area contributed by atoms with Gasteiger partial charge in [0.1, 0.15) is 5.82 Å². The van der Waals surface area contributed by atoms with Gasteiger partial charge in [0.2, 0.25) is 11.8 Å². The molecule has 1 heterocycles. The van der Waals surface area contributed by atoms with Gasteiger partial charge in [0, 0.05) is 28.6 Å². The van der Waals surface area contributed by atoms with Crippen molar-refractivity contribution in [3.63, 3.8) is 0 Å². The second-order valence-electron chi connectivity index (χ2n) is 10.6. The lowest BCUT2D eigenvalue weighted by Crippen LogP contribution is -2.42. The number of benzene rings is 4. The first-order chi connectivity index (χ1) is 18.8. The van der Waals surface area contributed by atoms with Gasteiger partial charge in [0.15, 0.2) is 0 Å². The minimum absolute atomic E-state index is 0.167. The second kappa shape index (κ2) is 9.02. The molecule has 6 heteroatoms. The predicted octanol–water partition coefficient (Wildman–Crippen LogP) is 6.27. The molecule has 3 atom stereocenters. The number of anilines is 2. The highest BCUT2D eigenvalue weighted by Crippen LogP contribution is 2.74. The van der Waals surface area contributed by atoms with Crippen molar-refractivity contribution < 1.29 is 14.0 Å². The standard InChI is InChI=1S/C33H28FN3O2/c1-21-17-28(36-26-15-13-25(34)14-16-26)23(19-35)18-27(21)33-29(32(33,2)24-11-7-4-8-12-24)30(38)37(31(33)39)20-22-9-5-3-6-10-22/h3-19,29,35-36H,20H2,1-2H3. The van der Waals surface area contributed by atoms with Gasteiger partial charge in [-0.15, -0.1) is 0 Å². The molecule has 3 unspecified atom stereocenters. The van der Waals surface area contributed by atoms with E-state index in [2.05, 4.69) is 5.32 Å². The maximum absolute atomic E-state index is 14.4. The van der Waals surface area contributed by atoms with Crippen LogP contribution in [0.2, 0.25) is 0 Å². The van der Waals surface area contributed by atoms with Gasteiger partial charge < -0.3 is 10.7 Å². The van der Waals surface area contributed by atoms with E-state index in [1.807, 2.05) is 86.6 Å². The predicted molar refractivity (Wildman–Crippen MR) is 150 cm³/mol. The number of rotatable bonds is 7. The molecule has 0 bridgehead atoms. The lowest BCUT2D eigenvalue weighted by Gasteiger charge is -2.29. The van der Waals surface area contributed by atoms with Gasteiger partial charge in [-0.2, -0.15) is 0 Å². The Bertz CT molecular complexity index is 1600. The number of imide groups is 1. The molecule has 2 amide bonds. The maximum Gasteiger partial charge on any atom is 0.241 e. The molecule has 1 aliphatic carbocycles. The highest BCUT2D eigenvalue weighted by Gasteiger charge is 2.87. The molecule has 5 nitrogen and oxygen atoms in total. The van der Waals surface area contributed by atoms with E-state index in [0.717, 1.165) is 22.3 Å². The van der Waals surface area contributed by atoms with Crippen LogP contribution >= 0.6 is 0 Å². The molecule has 0 radical (unpaired) electrons. The van der Waals surface area contributed by atoms with Crippen LogP contribution in [0.5, 0.6) is 0 Å². The summed E-state index contributed by atoms with van der Waals surface area (Å²) in [5.74, 6) is -1.25. The van der Waals surface area contributed by atoms with Crippen molar-refractivity contribution in [2.24, 2.45) is 5.92 Å². The molecule has 0 aromatic heterocycles. The number of aryl methyl sites for hydroxylation is 1. The molecule has 1 aliphatic heterocycles. The summed E-state index contributed by atoms with van der Waals surface area (Å²) in [7, 11) is 0. The SMILES string of the molecule is Cc1cc(Nc2ccc(F)cc2)c(C=N)cc1C12C(=O)N(Cc3ccccc3)C(=O)C1C2(C)c1ccccc1. The summed E-state index contributed by atoms with van der Waals surface area (Å²) in [4.78, 5) is 29.8. The molecule has 0 spiro atoms. The monoisotopic (exact) mass is 517 g/mol. The van der Waals surface area contributed by atoms with Crippen LogP contribution in [-0.4, -0.2) is 22.9 Å². The van der Waals surface area contributed by atoms with Gasteiger partial charge in [-0.05, 0) is 65.6 Å². The van der Waals surface area contributed by atoms with Crippen LogP contribution in [0.15, 0.2) is 97.1 Å². The molecule has 4 aromatic rings. The van der Waals surface area contributed by atoms with Crippen LogP contribution in [0.3, 0.4) is 0 Å². The van der Waals surface area contributed by atoms with Crippen molar-refractivity contribution in [3.05, 3.63) is 131 Å². The quantitative estimate of drug-likeness (QED) is 0.224. The topological polar surface area (TPSA) is 73.3 Å². The summed E-state index contributed by atoms with van der Waals surface area (Å²) in [5, 5.41) is 11.4. The third kappa shape index (κ3) is 3.55. The fourth-order valence-corrected chi connectivity index (χ4v) is 6.58. The Kier molecular flexibility index (Phi) is 5.72. The number of fused-ring (bicyclic) bond motifs is 1. The average molecular weight is 518 g/mol. The van der Waals surface area contributed by atoms with Gasteiger partial charge in [0.05, 0.1) is 17.9 Å². The van der Waals surface area contributed by atoms with Crippen LogP contribution in [-0.2, 0) is 27.0 Å². The number of piperidine rings is 1. The molecule has 2 aliphatic rings.